The quantitative estimate of drug-likeness (QED) is 0.218. The number of benzene rings is 7. The van der Waals surface area contributed by atoms with Crippen molar-refractivity contribution in [3.63, 3.8) is 0 Å². The number of nitrogens with zero attached hydrogens (tertiary/aromatic N) is 1. The van der Waals surface area contributed by atoms with Crippen molar-refractivity contribution in [3.05, 3.63) is 152 Å². The molecule has 2 heterocycles. The van der Waals surface area contributed by atoms with Crippen LogP contribution in [0, 0.1) is 0 Å². The normalized spacial score (nSPS) is 11.7. The summed E-state index contributed by atoms with van der Waals surface area (Å²) < 4.78 is 13.0. The van der Waals surface area contributed by atoms with Crippen LogP contribution >= 0.6 is 0 Å². The van der Waals surface area contributed by atoms with Crippen molar-refractivity contribution in [2.24, 2.45) is 0 Å². The smallest absolute Gasteiger partial charge is 0.159 e. The van der Waals surface area contributed by atoms with Crippen LogP contribution in [0.5, 0.6) is 0 Å². The largest absolute Gasteiger partial charge is 0.455 e. The summed E-state index contributed by atoms with van der Waals surface area (Å²) in [4.78, 5) is 2.34. The first kappa shape index (κ1) is 23.9. The molecule has 202 valence electrons. The molecular weight excluding hydrogens is 526 g/mol. The van der Waals surface area contributed by atoms with Gasteiger partial charge < -0.3 is 13.7 Å². The molecule has 2 aromatic heterocycles. The molecule has 3 heteroatoms. The molecule has 9 rings (SSSR count). The van der Waals surface area contributed by atoms with Gasteiger partial charge in [-0.25, -0.2) is 0 Å². The Bertz CT molecular complexity index is 2450. The minimum Gasteiger partial charge on any atom is -0.455 e. The summed E-state index contributed by atoms with van der Waals surface area (Å²) >= 11 is 0. The van der Waals surface area contributed by atoms with Gasteiger partial charge in [0.05, 0.1) is 11.4 Å². The lowest BCUT2D eigenvalue weighted by molar-refractivity contribution is 0.669. The second-order valence-corrected chi connectivity index (χ2v) is 10.9. The molecule has 0 amide bonds. The Hall–Kier alpha value is -5.80. The third-order valence-electron chi connectivity index (χ3n) is 8.46. The van der Waals surface area contributed by atoms with E-state index in [1.54, 1.807) is 0 Å². The molecule has 0 radical (unpaired) electrons. The minimum atomic E-state index is 0.858. The van der Waals surface area contributed by atoms with Crippen molar-refractivity contribution >= 4 is 71.7 Å². The van der Waals surface area contributed by atoms with E-state index in [0.29, 0.717) is 0 Å². The number of anilines is 3. The summed E-state index contributed by atoms with van der Waals surface area (Å²) in [5, 5.41) is 6.58. The third kappa shape index (κ3) is 3.68. The van der Waals surface area contributed by atoms with E-state index >= 15 is 0 Å². The van der Waals surface area contributed by atoms with Gasteiger partial charge in [0.2, 0.25) is 0 Å². The van der Waals surface area contributed by atoms with E-state index in [2.05, 4.69) is 132 Å². The lowest BCUT2D eigenvalue weighted by Crippen LogP contribution is -2.11. The van der Waals surface area contributed by atoms with E-state index in [0.717, 1.165) is 71.7 Å². The zero-order valence-corrected chi connectivity index (χ0v) is 23.2. The number of rotatable bonds is 4. The summed E-state index contributed by atoms with van der Waals surface area (Å²) in [5.41, 5.74) is 8.99. The zero-order chi connectivity index (χ0) is 28.3. The van der Waals surface area contributed by atoms with Crippen LogP contribution in [0.25, 0.3) is 65.8 Å². The molecule has 0 N–H and O–H groups in total. The molecule has 3 nitrogen and oxygen atoms in total. The molecule has 43 heavy (non-hydrogen) atoms. The maximum atomic E-state index is 6.60. The van der Waals surface area contributed by atoms with Crippen LogP contribution in [-0.2, 0) is 0 Å². The number of hydrogen-bond acceptors (Lipinski definition) is 3. The van der Waals surface area contributed by atoms with E-state index in [9.17, 15) is 0 Å². The maximum Gasteiger partial charge on any atom is 0.159 e. The van der Waals surface area contributed by atoms with Gasteiger partial charge in [-0.1, -0.05) is 115 Å². The van der Waals surface area contributed by atoms with Gasteiger partial charge in [0, 0.05) is 38.0 Å². The molecule has 0 spiro atoms. The predicted octanol–water partition coefficient (Wildman–Crippen LogP) is 11.8. The number of para-hydroxylation sites is 3. The summed E-state index contributed by atoms with van der Waals surface area (Å²) in [6.07, 6.45) is 0. The minimum absolute atomic E-state index is 0.858. The van der Waals surface area contributed by atoms with Crippen molar-refractivity contribution in [1.82, 2.24) is 0 Å². The Morgan fingerprint density at radius 1 is 0.349 bits per heavy atom. The lowest BCUT2D eigenvalue weighted by Gasteiger charge is -2.27. The van der Waals surface area contributed by atoms with E-state index in [-0.39, 0.29) is 0 Å². The molecule has 9 aromatic rings. The fourth-order valence-corrected chi connectivity index (χ4v) is 6.46. The Balaban J connectivity index is 1.37. The van der Waals surface area contributed by atoms with Crippen LogP contribution in [0.15, 0.2) is 160 Å². The first-order chi connectivity index (χ1) is 21.3. The van der Waals surface area contributed by atoms with Crippen molar-refractivity contribution in [2.45, 2.75) is 0 Å². The van der Waals surface area contributed by atoms with Gasteiger partial charge in [-0.3, -0.25) is 0 Å². The van der Waals surface area contributed by atoms with Gasteiger partial charge in [-0.05, 0) is 47.5 Å². The second kappa shape index (κ2) is 9.37. The Morgan fingerprint density at radius 2 is 0.884 bits per heavy atom. The topological polar surface area (TPSA) is 29.5 Å². The number of hydrogen-bond donors (Lipinski definition) is 0. The van der Waals surface area contributed by atoms with E-state index in [1.165, 1.54) is 11.1 Å². The van der Waals surface area contributed by atoms with Crippen molar-refractivity contribution in [2.75, 3.05) is 4.90 Å². The highest BCUT2D eigenvalue weighted by atomic mass is 16.3. The van der Waals surface area contributed by atoms with Crippen LogP contribution in [0.1, 0.15) is 0 Å². The molecule has 0 aliphatic carbocycles. The predicted molar refractivity (Wildman–Crippen MR) is 179 cm³/mol. The standard InChI is InChI=1S/C40H25NO2/c1-2-11-26(12-3-1)27-21-23-28(24-22-27)41(35-18-10-17-33-30-14-6-8-19-37(30)43-40(33)35)36-25-34-31-15-7-9-20-38(31)42-39(34)32-16-5-4-13-29(32)36/h1-25H. The van der Waals surface area contributed by atoms with Gasteiger partial charge in [-0.15, -0.1) is 0 Å². The average molecular weight is 552 g/mol. The van der Waals surface area contributed by atoms with Crippen molar-refractivity contribution in [1.29, 1.82) is 0 Å². The first-order valence-electron chi connectivity index (χ1n) is 14.5. The van der Waals surface area contributed by atoms with E-state index < -0.39 is 0 Å². The lowest BCUT2D eigenvalue weighted by atomic mass is 10.0. The van der Waals surface area contributed by atoms with Crippen LogP contribution in [-0.4, -0.2) is 0 Å². The highest BCUT2D eigenvalue weighted by Gasteiger charge is 2.23. The van der Waals surface area contributed by atoms with Gasteiger partial charge in [0.25, 0.3) is 0 Å². The third-order valence-corrected chi connectivity index (χ3v) is 8.46. The molecule has 0 aliphatic rings. The maximum absolute atomic E-state index is 6.60. The van der Waals surface area contributed by atoms with Crippen LogP contribution in [0.3, 0.4) is 0 Å². The fourth-order valence-electron chi connectivity index (χ4n) is 6.46. The SMILES string of the molecule is c1ccc(-c2ccc(N(c3cc4c5ccccc5oc4c4ccccc34)c3cccc4c3oc3ccccc34)cc2)cc1. The Morgan fingerprint density at radius 3 is 1.63 bits per heavy atom. The van der Waals surface area contributed by atoms with Gasteiger partial charge in [0.1, 0.15) is 16.7 Å². The highest BCUT2D eigenvalue weighted by Crippen LogP contribution is 2.47. The molecule has 0 bridgehead atoms. The number of furan rings is 2. The molecule has 0 saturated heterocycles. The summed E-state index contributed by atoms with van der Waals surface area (Å²) in [5.74, 6) is 0. The van der Waals surface area contributed by atoms with Gasteiger partial charge >= 0.3 is 0 Å². The molecule has 0 saturated carbocycles. The average Bonchev–Trinajstić information content (AvgIpc) is 3.65. The summed E-state index contributed by atoms with van der Waals surface area (Å²) in [6, 6.07) is 53.0. The first-order valence-corrected chi connectivity index (χ1v) is 14.5. The van der Waals surface area contributed by atoms with E-state index in [1.807, 2.05) is 24.3 Å². The van der Waals surface area contributed by atoms with E-state index in [4.69, 9.17) is 8.83 Å². The molecular formula is C40H25NO2. The van der Waals surface area contributed by atoms with Crippen molar-refractivity contribution in [3.8, 4) is 11.1 Å². The van der Waals surface area contributed by atoms with Gasteiger partial charge in [0.15, 0.2) is 5.58 Å². The highest BCUT2D eigenvalue weighted by molar-refractivity contribution is 6.20. The Labute approximate surface area is 247 Å². The molecule has 0 fully saturated rings. The molecule has 0 unspecified atom stereocenters. The van der Waals surface area contributed by atoms with Crippen LogP contribution in [0.4, 0.5) is 17.1 Å². The monoisotopic (exact) mass is 551 g/mol. The fraction of sp³-hybridized carbons (Fsp3) is 0. The molecule has 0 aliphatic heterocycles. The van der Waals surface area contributed by atoms with Crippen LogP contribution < -0.4 is 4.90 Å². The molecule has 0 atom stereocenters. The van der Waals surface area contributed by atoms with Gasteiger partial charge in [-0.2, -0.15) is 0 Å². The van der Waals surface area contributed by atoms with Crippen LogP contribution in [0.2, 0.25) is 0 Å². The summed E-state index contributed by atoms with van der Waals surface area (Å²) in [7, 11) is 0. The zero-order valence-electron chi connectivity index (χ0n) is 23.2. The molecule has 7 aromatic carbocycles. The Kier molecular flexibility index (Phi) is 5.20. The van der Waals surface area contributed by atoms with Crippen molar-refractivity contribution < 1.29 is 8.83 Å². The number of fused-ring (bicyclic) bond motifs is 8. The second-order valence-electron chi connectivity index (χ2n) is 10.9. The summed E-state index contributed by atoms with van der Waals surface area (Å²) in [6.45, 7) is 0.